The lowest BCUT2D eigenvalue weighted by Gasteiger charge is -2.21. The fourth-order valence-electron chi connectivity index (χ4n) is 3.36. The number of fused-ring (bicyclic) bond motifs is 1. The van der Waals surface area contributed by atoms with Crippen molar-refractivity contribution in [3.05, 3.63) is 34.1 Å². The Morgan fingerprint density at radius 2 is 1.97 bits per heavy atom. The number of methoxy groups -OCH3 is 1. The van der Waals surface area contributed by atoms with Crippen molar-refractivity contribution in [2.45, 2.75) is 49.7 Å². The van der Waals surface area contributed by atoms with E-state index >= 15 is 0 Å². The molecule has 2 aromatic rings. The summed E-state index contributed by atoms with van der Waals surface area (Å²) in [4.78, 5) is 43.9. The van der Waals surface area contributed by atoms with Gasteiger partial charge in [0.15, 0.2) is 5.16 Å². The maximum absolute atomic E-state index is 13.0. The van der Waals surface area contributed by atoms with Gasteiger partial charge in [-0.1, -0.05) is 11.8 Å². The lowest BCUT2D eigenvalue weighted by atomic mass is 10.1. The molecule has 0 spiro atoms. The molecule has 156 valence electrons. The molecule has 1 amide bonds. The number of rotatable bonds is 6. The zero-order chi connectivity index (χ0) is 21.1. The molecule has 1 aliphatic rings. The number of carbonyl (C=O) groups excluding carboxylic acids is 2. The Hall–Kier alpha value is -2.39. The highest BCUT2D eigenvalue weighted by Gasteiger charge is 2.26. The quantitative estimate of drug-likeness (QED) is 0.432. The van der Waals surface area contributed by atoms with Crippen LogP contribution in [0.1, 0.15) is 37.0 Å². The molecule has 1 aromatic heterocycles. The van der Waals surface area contributed by atoms with Crippen molar-refractivity contribution in [1.82, 2.24) is 14.5 Å². The summed E-state index contributed by atoms with van der Waals surface area (Å²) in [5, 5.41) is 10.1. The second kappa shape index (κ2) is 8.96. The first-order valence-corrected chi connectivity index (χ1v) is 10.5. The summed E-state index contributed by atoms with van der Waals surface area (Å²) in [5.74, 6) is -0.512. The number of ether oxygens (including phenoxy) is 1. The van der Waals surface area contributed by atoms with Gasteiger partial charge in [-0.25, -0.2) is 9.78 Å². The number of thioether (sulfide) groups is 1. The fraction of sp³-hybridized carbons (Fsp3) is 0.500. The van der Waals surface area contributed by atoms with Crippen molar-refractivity contribution in [2.75, 3.05) is 20.2 Å². The molecule has 1 fully saturated rings. The van der Waals surface area contributed by atoms with Gasteiger partial charge in [0.2, 0.25) is 5.91 Å². The van der Waals surface area contributed by atoms with Crippen LogP contribution in [0.4, 0.5) is 0 Å². The first-order valence-electron chi connectivity index (χ1n) is 9.58. The van der Waals surface area contributed by atoms with E-state index in [2.05, 4.69) is 4.98 Å². The summed E-state index contributed by atoms with van der Waals surface area (Å²) in [6.45, 7) is 4.94. The topological polar surface area (TPSA) is 102 Å². The van der Waals surface area contributed by atoms with Crippen molar-refractivity contribution in [3.8, 4) is 0 Å². The molecule has 2 heterocycles. The number of nitrogens with zero attached hydrogens (tertiary/aromatic N) is 3. The van der Waals surface area contributed by atoms with Crippen molar-refractivity contribution >= 4 is 34.5 Å². The van der Waals surface area contributed by atoms with Crippen LogP contribution in [0.25, 0.3) is 10.9 Å². The molecule has 2 atom stereocenters. The Labute approximate surface area is 172 Å². The van der Waals surface area contributed by atoms with Crippen LogP contribution in [0.2, 0.25) is 0 Å². The SMILES string of the molecule is COC(=O)c1ccc2c(=O)n(C[C@H](C)O)c(S[C@@H](C)C(=O)N3CCCC3)nc2c1. The Morgan fingerprint density at radius 3 is 2.59 bits per heavy atom. The summed E-state index contributed by atoms with van der Waals surface area (Å²) < 4.78 is 6.13. The molecule has 3 rings (SSSR count). The highest BCUT2D eigenvalue weighted by atomic mass is 32.2. The second-order valence-electron chi connectivity index (χ2n) is 7.18. The van der Waals surface area contributed by atoms with Gasteiger partial charge >= 0.3 is 5.97 Å². The van der Waals surface area contributed by atoms with E-state index in [0.717, 1.165) is 25.9 Å². The molecule has 0 unspecified atom stereocenters. The van der Waals surface area contributed by atoms with Crippen molar-refractivity contribution in [3.63, 3.8) is 0 Å². The lowest BCUT2D eigenvalue weighted by Crippen LogP contribution is -2.35. The maximum atomic E-state index is 13.0. The van der Waals surface area contributed by atoms with E-state index in [0.29, 0.717) is 16.1 Å². The van der Waals surface area contributed by atoms with Gasteiger partial charge < -0.3 is 14.7 Å². The molecular weight excluding hydrogens is 394 g/mol. The molecule has 1 saturated heterocycles. The van der Waals surface area contributed by atoms with Crippen LogP contribution in [0.3, 0.4) is 0 Å². The number of likely N-dealkylation sites (tertiary alicyclic amines) is 1. The molecule has 29 heavy (non-hydrogen) atoms. The number of aliphatic hydroxyl groups excluding tert-OH is 1. The van der Waals surface area contributed by atoms with Crippen molar-refractivity contribution in [2.24, 2.45) is 0 Å². The average molecular weight is 420 g/mol. The van der Waals surface area contributed by atoms with Gasteiger partial charge in [0.05, 0.1) is 41.5 Å². The number of aromatic nitrogens is 2. The van der Waals surface area contributed by atoms with Gasteiger partial charge in [0, 0.05) is 13.1 Å². The van der Waals surface area contributed by atoms with E-state index in [1.807, 2.05) is 4.90 Å². The third kappa shape index (κ3) is 4.62. The molecule has 0 radical (unpaired) electrons. The molecule has 0 aliphatic carbocycles. The van der Waals surface area contributed by atoms with E-state index in [1.54, 1.807) is 13.8 Å². The smallest absolute Gasteiger partial charge is 0.337 e. The number of hydrogen-bond acceptors (Lipinski definition) is 7. The second-order valence-corrected chi connectivity index (χ2v) is 8.48. The number of carbonyl (C=O) groups is 2. The molecule has 1 N–H and O–H groups in total. The number of hydrogen-bond donors (Lipinski definition) is 1. The number of benzene rings is 1. The van der Waals surface area contributed by atoms with Crippen LogP contribution in [0, 0.1) is 0 Å². The summed E-state index contributed by atoms with van der Waals surface area (Å²) in [7, 11) is 1.29. The molecule has 0 bridgehead atoms. The van der Waals surface area contributed by atoms with Gasteiger partial charge in [-0.3, -0.25) is 14.2 Å². The minimum Gasteiger partial charge on any atom is -0.465 e. The normalized spacial score (nSPS) is 16.1. The van der Waals surface area contributed by atoms with E-state index in [-0.39, 0.29) is 23.6 Å². The molecule has 8 nitrogen and oxygen atoms in total. The Bertz CT molecular complexity index is 982. The van der Waals surface area contributed by atoms with Gasteiger partial charge in [0.1, 0.15) is 0 Å². The number of aliphatic hydroxyl groups is 1. The summed E-state index contributed by atoms with van der Waals surface area (Å²) >= 11 is 1.19. The highest BCUT2D eigenvalue weighted by molar-refractivity contribution is 8.00. The Kier molecular flexibility index (Phi) is 6.59. The van der Waals surface area contributed by atoms with E-state index in [4.69, 9.17) is 4.74 Å². The predicted molar refractivity (Wildman–Crippen MR) is 110 cm³/mol. The minimum atomic E-state index is -0.759. The van der Waals surface area contributed by atoms with Crippen LogP contribution in [-0.2, 0) is 16.1 Å². The summed E-state index contributed by atoms with van der Waals surface area (Å²) in [5.41, 5.74) is 0.316. The third-order valence-electron chi connectivity index (χ3n) is 4.84. The zero-order valence-corrected chi connectivity index (χ0v) is 17.6. The van der Waals surface area contributed by atoms with Crippen LogP contribution in [0.5, 0.6) is 0 Å². The third-order valence-corrected chi connectivity index (χ3v) is 5.91. The largest absolute Gasteiger partial charge is 0.465 e. The maximum Gasteiger partial charge on any atom is 0.337 e. The highest BCUT2D eigenvalue weighted by Crippen LogP contribution is 2.25. The molecule has 1 aliphatic heterocycles. The van der Waals surface area contributed by atoms with Gasteiger partial charge in [-0.05, 0) is 44.9 Å². The monoisotopic (exact) mass is 419 g/mol. The van der Waals surface area contributed by atoms with E-state index in [1.165, 1.54) is 41.6 Å². The summed E-state index contributed by atoms with van der Waals surface area (Å²) in [6.07, 6.45) is 1.24. The van der Waals surface area contributed by atoms with Crippen LogP contribution in [-0.4, -0.2) is 63.0 Å². The van der Waals surface area contributed by atoms with Gasteiger partial charge in [-0.15, -0.1) is 0 Å². The lowest BCUT2D eigenvalue weighted by molar-refractivity contribution is -0.129. The van der Waals surface area contributed by atoms with Crippen LogP contribution in [0.15, 0.2) is 28.2 Å². The zero-order valence-electron chi connectivity index (χ0n) is 16.8. The van der Waals surface area contributed by atoms with E-state index < -0.39 is 17.3 Å². The first kappa shape index (κ1) is 21.3. The number of esters is 1. The molecule has 1 aromatic carbocycles. The standard InChI is InChI=1S/C20H25N3O5S/c1-12(24)11-23-18(26)15-7-6-14(19(27)28-3)10-16(15)21-20(23)29-13(2)17(25)22-8-4-5-9-22/h6-7,10,12-13,24H,4-5,8-9,11H2,1-3H3/t12-,13-/m0/s1. The predicted octanol–water partition coefficient (Wildman–Crippen LogP) is 1.67. The molecule has 9 heteroatoms. The van der Waals surface area contributed by atoms with Gasteiger partial charge in [-0.2, -0.15) is 0 Å². The van der Waals surface area contributed by atoms with Crippen molar-refractivity contribution < 1.29 is 19.4 Å². The van der Waals surface area contributed by atoms with Crippen LogP contribution < -0.4 is 5.56 Å². The minimum absolute atomic E-state index is 0.00811. The number of amides is 1. The van der Waals surface area contributed by atoms with Crippen molar-refractivity contribution in [1.29, 1.82) is 0 Å². The summed E-state index contributed by atoms with van der Waals surface area (Å²) in [6, 6.07) is 4.55. The fourth-order valence-corrected chi connectivity index (χ4v) is 4.37. The van der Waals surface area contributed by atoms with Crippen LogP contribution >= 0.6 is 11.8 Å². The molecule has 0 saturated carbocycles. The first-order chi connectivity index (χ1) is 13.8. The molecular formula is C20H25N3O5S. The van der Waals surface area contributed by atoms with E-state index in [9.17, 15) is 19.5 Å². The van der Waals surface area contributed by atoms with Gasteiger partial charge in [0.25, 0.3) is 5.56 Å². The Morgan fingerprint density at radius 1 is 1.28 bits per heavy atom. The average Bonchev–Trinajstić information content (AvgIpc) is 3.23. The Balaban J connectivity index is 2.03.